The number of aromatic nitrogens is 1. The van der Waals surface area contributed by atoms with Crippen molar-refractivity contribution in [2.24, 2.45) is 0 Å². The second-order valence-corrected chi connectivity index (χ2v) is 4.54. The quantitative estimate of drug-likeness (QED) is 0.914. The SMILES string of the molecule is Cc1ccc(Oc2ccc([C@H](C)O)nc2)c(Cl)c1. The van der Waals surface area contributed by atoms with Crippen molar-refractivity contribution < 1.29 is 9.84 Å². The monoisotopic (exact) mass is 263 g/mol. The van der Waals surface area contributed by atoms with Gasteiger partial charge in [-0.05, 0) is 43.7 Å². The summed E-state index contributed by atoms with van der Waals surface area (Å²) in [5, 5.41) is 9.92. The average molecular weight is 264 g/mol. The van der Waals surface area contributed by atoms with E-state index in [9.17, 15) is 5.11 Å². The first-order valence-electron chi connectivity index (χ1n) is 5.64. The van der Waals surface area contributed by atoms with Gasteiger partial charge in [-0.25, -0.2) is 0 Å². The minimum Gasteiger partial charge on any atom is -0.454 e. The number of aryl methyl sites for hydroxylation is 1. The van der Waals surface area contributed by atoms with Crippen LogP contribution in [-0.2, 0) is 0 Å². The molecule has 0 unspecified atom stereocenters. The van der Waals surface area contributed by atoms with E-state index >= 15 is 0 Å². The normalized spacial score (nSPS) is 12.2. The van der Waals surface area contributed by atoms with E-state index in [4.69, 9.17) is 16.3 Å². The molecule has 0 aliphatic heterocycles. The summed E-state index contributed by atoms with van der Waals surface area (Å²) in [6.07, 6.45) is 0.986. The third-order valence-electron chi connectivity index (χ3n) is 2.50. The van der Waals surface area contributed by atoms with Gasteiger partial charge in [0.05, 0.1) is 23.0 Å². The number of rotatable bonds is 3. The maximum Gasteiger partial charge on any atom is 0.146 e. The number of benzene rings is 1. The Balaban J connectivity index is 2.18. The van der Waals surface area contributed by atoms with E-state index in [2.05, 4.69) is 4.98 Å². The fourth-order valence-electron chi connectivity index (χ4n) is 1.51. The molecular formula is C14H14ClNO2. The molecule has 1 heterocycles. The van der Waals surface area contributed by atoms with Gasteiger partial charge in [0.15, 0.2) is 0 Å². The number of ether oxygens (including phenoxy) is 1. The van der Waals surface area contributed by atoms with Gasteiger partial charge in [0.25, 0.3) is 0 Å². The molecule has 18 heavy (non-hydrogen) atoms. The number of halogens is 1. The Labute approximate surface area is 111 Å². The molecule has 2 rings (SSSR count). The van der Waals surface area contributed by atoms with Crippen molar-refractivity contribution in [2.45, 2.75) is 20.0 Å². The summed E-state index contributed by atoms with van der Waals surface area (Å²) in [5.74, 6) is 1.18. The minimum atomic E-state index is -0.581. The fourth-order valence-corrected chi connectivity index (χ4v) is 1.79. The Morgan fingerprint density at radius 3 is 2.61 bits per heavy atom. The summed E-state index contributed by atoms with van der Waals surface area (Å²) in [7, 11) is 0. The molecule has 1 aromatic heterocycles. The van der Waals surface area contributed by atoms with Gasteiger partial charge < -0.3 is 9.84 Å². The number of aliphatic hydroxyl groups excluding tert-OH is 1. The van der Waals surface area contributed by atoms with Crippen LogP contribution in [0.4, 0.5) is 0 Å². The van der Waals surface area contributed by atoms with Crippen molar-refractivity contribution in [3.05, 3.63) is 52.8 Å². The highest BCUT2D eigenvalue weighted by Gasteiger charge is 2.05. The summed E-state index contributed by atoms with van der Waals surface area (Å²) in [4.78, 5) is 4.10. The molecule has 1 atom stereocenters. The molecule has 4 heteroatoms. The van der Waals surface area contributed by atoms with Crippen molar-refractivity contribution in [1.29, 1.82) is 0 Å². The number of hydrogen-bond acceptors (Lipinski definition) is 3. The maximum absolute atomic E-state index is 9.35. The lowest BCUT2D eigenvalue weighted by Crippen LogP contribution is -1.95. The molecule has 3 nitrogen and oxygen atoms in total. The first-order chi connectivity index (χ1) is 8.56. The van der Waals surface area contributed by atoms with E-state index in [1.54, 1.807) is 25.3 Å². The molecular weight excluding hydrogens is 250 g/mol. The van der Waals surface area contributed by atoms with Crippen LogP contribution in [0.25, 0.3) is 0 Å². The predicted molar refractivity (Wildman–Crippen MR) is 71.1 cm³/mol. The third-order valence-corrected chi connectivity index (χ3v) is 2.80. The third kappa shape index (κ3) is 3.00. The van der Waals surface area contributed by atoms with Gasteiger partial charge in [0.2, 0.25) is 0 Å². The number of nitrogens with zero attached hydrogens (tertiary/aromatic N) is 1. The van der Waals surface area contributed by atoms with Crippen LogP contribution < -0.4 is 4.74 Å². The second-order valence-electron chi connectivity index (χ2n) is 4.13. The molecule has 0 aliphatic carbocycles. The maximum atomic E-state index is 9.35. The molecule has 0 aliphatic rings. The summed E-state index contributed by atoms with van der Waals surface area (Å²) in [5.41, 5.74) is 1.69. The molecule has 1 N–H and O–H groups in total. The van der Waals surface area contributed by atoms with Crippen LogP contribution in [-0.4, -0.2) is 10.1 Å². The van der Waals surface area contributed by atoms with E-state index in [1.807, 2.05) is 25.1 Å². The van der Waals surface area contributed by atoms with Crippen molar-refractivity contribution >= 4 is 11.6 Å². The van der Waals surface area contributed by atoms with Gasteiger partial charge in [0, 0.05) is 0 Å². The number of aliphatic hydroxyl groups is 1. The first kappa shape index (κ1) is 12.9. The number of hydrogen-bond donors (Lipinski definition) is 1. The van der Waals surface area contributed by atoms with Crippen LogP contribution in [0.3, 0.4) is 0 Å². The Kier molecular flexibility index (Phi) is 3.84. The van der Waals surface area contributed by atoms with E-state index in [0.29, 0.717) is 22.2 Å². The Hall–Kier alpha value is -1.58. The van der Waals surface area contributed by atoms with E-state index < -0.39 is 6.10 Å². The van der Waals surface area contributed by atoms with Gasteiger partial charge in [0.1, 0.15) is 11.5 Å². The molecule has 0 amide bonds. The van der Waals surface area contributed by atoms with Gasteiger partial charge in [-0.3, -0.25) is 4.98 Å². The van der Waals surface area contributed by atoms with Gasteiger partial charge in [-0.15, -0.1) is 0 Å². The van der Waals surface area contributed by atoms with Crippen LogP contribution in [0.15, 0.2) is 36.5 Å². The highest BCUT2D eigenvalue weighted by atomic mass is 35.5. The van der Waals surface area contributed by atoms with Crippen LogP contribution in [0, 0.1) is 6.92 Å². The topological polar surface area (TPSA) is 42.4 Å². The van der Waals surface area contributed by atoms with E-state index in [0.717, 1.165) is 5.56 Å². The van der Waals surface area contributed by atoms with Gasteiger partial charge in [-0.1, -0.05) is 17.7 Å². The molecule has 2 aromatic rings. The summed E-state index contributed by atoms with van der Waals surface area (Å²) in [6, 6.07) is 9.07. The highest BCUT2D eigenvalue weighted by molar-refractivity contribution is 6.32. The smallest absolute Gasteiger partial charge is 0.146 e. The Morgan fingerprint density at radius 2 is 2.06 bits per heavy atom. The largest absolute Gasteiger partial charge is 0.454 e. The van der Waals surface area contributed by atoms with Gasteiger partial charge in [-0.2, -0.15) is 0 Å². The minimum absolute atomic E-state index is 0.564. The molecule has 94 valence electrons. The van der Waals surface area contributed by atoms with Crippen molar-refractivity contribution in [1.82, 2.24) is 4.98 Å². The molecule has 0 fully saturated rings. The summed E-state index contributed by atoms with van der Waals surface area (Å²) in [6.45, 7) is 3.63. The Morgan fingerprint density at radius 1 is 1.28 bits per heavy atom. The zero-order valence-electron chi connectivity index (χ0n) is 10.2. The molecule has 0 spiro atoms. The van der Waals surface area contributed by atoms with Crippen LogP contribution in [0.2, 0.25) is 5.02 Å². The molecule has 1 aromatic carbocycles. The van der Waals surface area contributed by atoms with E-state index in [-0.39, 0.29) is 0 Å². The van der Waals surface area contributed by atoms with Gasteiger partial charge >= 0.3 is 0 Å². The number of pyridine rings is 1. The molecule has 0 bridgehead atoms. The van der Waals surface area contributed by atoms with Crippen molar-refractivity contribution in [3.8, 4) is 11.5 Å². The molecule has 0 saturated carbocycles. The Bertz CT molecular complexity index is 538. The predicted octanol–water partition coefficient (Wildman–Crippen LogP) is 3.89. The lowest BCUT2D eigenvalue weighted by Gasteiger charge is -2.09. The standard InChI is InChI=1S/C14H14ClNO2/c1-9-3-6-14(12(15)7-9)18-11-4-5-13(10(2)17)16-8-11/h3-8,10,17H,1-2H3/t10-/m0/s1. The first-order valence-corrected chi connectivity index (χ1v) is 6.02. The zero-order chi connectivity index (χ0) is 13.1. The lowest BCUT2D eigenvalue weighted by molar-refractivity contribution is 0.194. The van der Waals surface area contributed by atoms with E-state index in [1.165, 1.54) is 0 Å². The molecule has 0 radical (unpaired) electrons. The molecule has 0 saturated heterocycles. The van der Waals surface area contributed by atoms with Crippen LogP contribution in [0.5, 0.6) is 11.5 Å². The summed E-state index contributed by atoms with van der Waals surface area (Å²) < 4.78 is 5.62. The van der Waals surface area contributed by atoms with Crippen molar-refractivity contribution in [2.75, 3.05) is 0 Å². The lowest BCUT2D eigenvalue weighted by atomic mass is 10.2. The summed E-state index contributed by atoms with van der Waals surface area (Å²) >= 11 is 6.08. The average Bonchev–Trinajstić information content (AvgIpc) is 2.33. The second kappa shape index (κ2) is 5.38. The van der Waals surface area contributed by atoms with Crippen molar-refractivity contribution in [3.63, 3.8) is 0 Å². The fraction of sp³-hybridized carbons (Fsp3) is 0.214. The van der Waals surface area contributed by atoms with Crippen LogP contribution >= 0.6 is 11.6 Å². The van der Waals surface area contributed by atoms with Crippen LogP contribution in [0.1, 0.15) is 24.3 Å². The zero-order valence-corrected chi connectivity index (χ0v) is 11.0. The highest BCUT2D eigenvalue weighted by Crippen LogP contribution is 2.29.